The van der Waals surface area contributed by atoms with Crippen molar-refractivity contribution < 1.29 is 19.1 Å². The quantitative estimate of drug-likeness (QED) is 0.641. The number of rotatable bonds is 2. The number of para-hydroxylation sites is 2. The molecule has 0 spiro atoms. The Morgan fingerprint density at radius 2 is 1.81 bits per heavy atom. The number of nitrogens with one attached hydrogen (secondary N) is 1. The van der Waals surface area contributed by atoms with Crippen LogP contribution in [0.4, 0.5) is 0 Å². The fourth-order valence-electron chi connectivity index (χ4n) is 3.86. The van der Waals surface area contributed by atoms with Gasteiger partial charge in [-0.2, -0.15) is 5.10 Å². The summed E-state index contributed by atoms with van der Waals surface area (Å²) in [6.45, 7) is 3.43. The van der Waals surface area contributed by atoms with Crippen molar-refractivity contribution in [2.75, 3.05) is 32.8 Å². The lowest BCUT2D eigenvalue weighted by Gasteiger charge is -2.36. The molecule has 0 saturated carbocycles. The molecule has 0 unspecified atom stereocenters. The number of carbonyl (C=O) groups excluding carboxylic acids is 2. The first-order chi connectivity index (χ1) is 15.0. The lowest BCUT2D eigenvalue weighted by molar-refractivity contribution is -0.142. The molecule has 3 aromatic rings. The van der Waals surface area contributed by atoms with Crippen LogP contribution in [0.15, 0.2) is 41.3 Å². The van der Waals surface area contributed by atoms with Crippen LogP contribution in [0, 0.1) is 6.92 Å². The molecule has 31 heavy (non-hydrogen) atoms. The van der Waals surface area contributed by atoms with Crippen LogP contribution in [0.2, 0.25) is 0 Å². The Kier molecular flexibility index (Phi) is 4.61. The van der Waals surface area contributed by atoms with E-state index in [0.29, 0.717) is 48.9 Å². The van der Waals surface area contributed by atoms with Crippen molar-refractivity contribution in [2.45, 2.75) is 13.0 Å². The Hall–Kier alpha value is -3.82. The predicted molar refractivity (Wildman–Crippen MR) is 109 cm³/mol. The molecule has 0 bridgehead atoms. The van der Waals surface area contributed by atoms with Crippen molar-refractivity contribution in [1.82, 2.24) is 24.4 Å². The van der Waals surface area contributed by atoms with Gasteiger partial charge in [0.05, 0.1) is 0 Å². The number of H-pyrrole nitrogens is 1. The van der Waals surface area contributed by atoms with Crippen LogP contribution >= 0.6 is 0 Å². The van der Waals surface area contributed by atoms with Gasteiger partial charge in [0.15, 0.2) is 17.2 Å². The van der Waals surface area contributed by atoms with Crippen molar-refractivity contribution in [2.24, 2.45) is 0 Å². The molecule has 1 aromatic carbocycles. The Labute approximate surface area is 177 Å². The van der Waals surface area contributed by atoms with Gasteiger partial charge >= 0.3 is 0 Å². The number of benzene rings is 1. The first-order valence-electron chi connectivity index (χ1n) is 10.1. The van der Waals surface area contributed by atoms with Gasteiger partial charge in [-0.05, 0) is 19.1 Å². The maximum Gasteiger partial charge on any atom is 0.274 e. The fourth-order valence-corrected chi connectivity index (χ4v) is 3.86. The van der Waals surface area contributed by atoms with Crippen LogP contribution in [-0.4, -0.2) is 75.1 Å². The molecule has 160 valence electrons. The molecule has 0 radical (unpaired) electrons. The summed E-state index contributed by atoms with van der Waals surface area (Å²) >= 11 is 0. The Morgan fingerprint density at radius 1 is 1.10 bits per heavy atom. The zero-order valence-corrected chi connectivity index (χ0v) is 16.9. The van der Waals surface area contributed by atoms with Gasteiger partial charge in [0.25, 0.3) is 17.4 Å². The van der Waals surface area contributed by atoms with E-state index in [4.69, 9.17) is 9.47 Å². The Bertz CT molecular complexity index is 1220. The molecule has 2 aromatic heterocycles. The van der Waals surface area contributed by atoms with Crippen LogP contribution in [0.1, 0.15) is 16.2 Å². The van der Waals surface area contributed by atoms with Crippen LogP contribution in [0.3, 0.4) is 0 Å². The minimum Gasteiger partial charge on any atom is -0.485 e. The first kappa shape index (κ1) is 19.2. The van der Waals surface area contributed by atoms with Gasteiger partial charge in [-0.3, -0.25) is 14.4 Å². The predicted octanol–water partition coefficient (Wildman–Crippen LogP) is 0.455. The number of aryl methyl sites for hydroxylation is 1. The van der Waals surface area contributed by atoms with E-state index >= 15 is 0 Å². The van der Waals surface area contributed by atoms with Crippen molar-refractivity contribution in [1.29, 1.82) is 0 Å². The van der Waals surface area contributed by atoms with Crippen molar-refractivity contribution in [3.63, 3.8) is 0 Å². The molecular weight excluding hydrogens is 402 g/mol. The fraction of sp³-hybridized carbons (Fsp3) is 0.333. The second kappa shape index (κ2) is 7.46. The number of aromatic amines is 1. The van der Waals surface area contributed by atoms with E-state index in [1.54, 1.807) is 35.1 Å². The third kappa shape index (κ3) is 3.49. The van der Waals surface area contributed by atoms with Crippen molar-refractivity contribution in [3.8, 4) is 11.5 Å². The van der Waals surface area contributed by atoms with E-state index < -0.39 is 6.10 Å². The average Bonchev–Trinajstić information content (AvgIpc) is 3.22. The van der Waals surface area contributed by atoms with Crippen LogP contribution in [-0.2, 0) is 4.79 Å². The maximum atomic E-state index is 12.9. The van der Waals surface area contributed by atoms with E-state index in [2.05, 4.69) is 10.1 Å². The summed E-state index contributed by atoms with van der Waals surface area (Å²) in [5.74, 6) is 0.761. The highest BCUT2D eigenvalue weighted by molar-refractivity contribution is 5.93. The number of nitrogens with zero attached hydrogens (tertiary/aromatic N) is 4. The molecule has 0 aliphatic carbocycles. The number of carbonyl (C=O) groups is 2. The molecule has 10 nitrogen and oxygen atoms in total. The Balaban J connectivity index is 1.23. The normalized spacial score (nSPS) is 18.3. The number of aromatic nitrogens is 3. The molecule has 1 atom stereocenters. The van der Waals surface area contributed by atoms with Gasteiger partial charge in [-0.25, -0.2) is 4.52 Å². The molecular formula is C21H21N5O5. The lowest BCUT2D eigenvalue weighted by Crippen LogP contribution is -2.55. The van der Waals surface area contributed by atoms with Gasteiger partial charge in [0, 0.05) is 44.1 Å². The van der Waals surface area contributed by atoms with Crippen LogP contribution < -0.4 is 15.0 Å². The number of hydrogen-bond acceptors (Lipinski definition) is 6. The molecule has 5 rings (SSSR count). The molecule has 2 aliphatic heterocycles. The number of ether oxygens (including phenoxy) is 2. The first-order valence-corrected chi connectivity index (χ1v) is 10.1. The smallest absolute Gasteiger partial charge is 0.274 e. The summed E-state index contributed by atoms with van der Waals surface area (Å²) in [5, 5.41) is 4.25. The highest BCUT2D eigenvalue weighted by Crippen LogP contribution is 2.31. The van der Waals surface area contributed by atoms with E-state index in [1.807, 2.05) is 12.1 Å². The summed E-state index contributed by atoms with van der Waals surface area (Å²) in [6.07, 6.45) is 0.958. The molecule has 10 heteroatoms. The monoisotopic (exact) mass is 423 g/mol. The molecule has 1 fully saturated rings. The standard InChI is InChI=1S/C21H21N5O5/c1-13-11-26-15(19(27)22-13)10-14(23-26)20(28)24-6-8-25(9-7-24)21(29)18-12-30-16-4-2-3-5-17(16)31-18/h2-5,10-11,18H,6-9,12H2,1H3,(H,22,27)/t18-/m1/s1. The van der Waals surface area contributed by atoms with E-state index in [0.717, 1.165) is 0 Å². The van der Waals surface area contributed by atoms with E-state index in [-0.39, 0.29) is 29.7 Å². The molecule has 2 amide bonds. The van der Waals surface area contributed by atoms with E-state index in [1.165, 1.54) is 10.6 Å². The second-order valence-corrected chi connectivity index (χ2v) is 7.61. The zero-order valence-electron chi connectivity index (χ0n) is 16.9. The number of amides is 2. The highest BCUT2D eigenvalue weighted by atomic mass is 16.6. The second-order valence-electron chi connectivity index (χ2n) is 7.61. The summed E-state index contributed by atoms with van der Waals surface area (Å²) in [7, 11) is 0. The number of hydrogen-bond donors (Lipinski definition) is 1. The molecule has 2 aliphatic rings. The SMILES string of the molecule is Cc1cn2nc(C(=O)N3CCN(C(=O)[C@H]4COc5ccccc5O4)CC3)cc2c(=O)[nH]1. The van der Waals surface area contributed by atoms with Gasteiger partial charge in [0.2, 0.25) is 6.10 Å². The molecule has 1 saturated heterocycles. The third-order valence-corrected chi connectivity index (χ3v) is 5.48. The van der Waals surface area contributed by atoms with Gasteiger partial charge in [-0.1, -0.05) is 12.1 Å². The molecule has 1 N–H and O–H groups in total. The topological polar surface area (TPSA) is 109 Å². The van der Waals surface area contributed by atoms with Gasteiger partial charge in [0.1, 0.15) is 12.1 Å². The zero-order chi connectivity index (χ0) is 21.5. The van der Waals surface area contributed by atoms with Gasteiger partial charge in [-0.15, -0.1) is 0 Å². The third-order valence-electron chi connectivity index (χ3n) is 5.48. The van der Waals surface area contributed by atoms with E-state index in [9.17, 15) is 14.4 Å². The highest BCUT2D eigenvalue weighted by Gasteiger charge is 2.34. The number of piperazine rings is 1. The largest absolute Gasteiger partial charge is 0.485 e. The maximum absolute atomic E-state index is 12.9. The van der Waals surface area contributed by atoms with Crippen molar-refractivity contribution >= 4 is 17.3 Å². The van der Waals surface area contributed by atoms with Crippen LogP contribution in [0.25, 0.3) is 5.52 Å². The van der Waals surface area contributed by atoms with Gasteiger partial charge < -0.3 is 24.3 Å². The van der Waals surface area contributed by atoms with Crippen molar-refractivity contribution in [3.05, 3.63) is 58.3 Å². The Morgan fingerprint density at radius 3 is 2.58 bits per heavy atom. The summed E-state index contributed by atoms with van der Waals surface area (Å²) in [6, 6.07) is 8.74. The summed E-state index contributed by atoms with van der Waals surface area (Å²) < 4.78 is 12.9. The molecule has 4 heterocycles. The average molecular weight is 423 g/mol. The minimum atomic E-state index is -0.703. The minimum absolute atomic E-state index is 0.156. The van der Waals surface area contributed by atoms with Crippen LogP contribution in [0.5, 0.6) is 11.5 Å². The number of fused-ring (bicyclic) bond motifs is 2. The lowest BCUT2D eigenvalue weighted by atomic mass is 10.2. The summed E-state index contributed by atoms with van der Waals surface area (Å²) in [5.41, 5.74) is 0.885. The summed E-state index contributed by atoms with van der Waals surface area (Å²) in [4.78, 5) is 43.8.